The summed E-state index contributed by atoms with van der Waals surface area (Å²) in [4.78, 5) is 49.9. The number of carboxylic acids is 1. The molecule has 3 aromatic rings. The molecule has 0 aromatic heterocycles. The Kier molecular flexibility index (Phi) is 7.29. The van der Waals surface area contributed by atoms with Crippen molar-refractivity contribution in [2.75, 3.05) is 0 Å². The quantitative estimate of drug-likeness (QED) is 0.306. The normalized spacial score (nSPS) is 14.8. The van der Waals surface area contributed by atoms with Crippen LogP contribution in [0, 0.1) is 0 Å². The van der Waals surface area contributed by atoms with Gasteiger partial charge in [-0.25, -0.2) is 4.79 Å². The van der Waals surface area contributed by atoms with E-state index in [1.165, 1.54) is 18.2 Å². The third-order valence-corrected chi connectivity index (χ3v) is 6.33. The van der Waals surface area contributed by atoms with Crippen molar-refractivity contribution >= 4 is 58.4 Å². The second-order valence-electron chi connectivity index (χ2n) is 7.64. The Morgan fingerprint density at radius 2 is 1.60 bits per heavy atom. The third-order valence-electron chi connectivity index (χ3n) is 5.19. The molecule has 0 saturated carbocycles. The number of thioether (sulfide) groups is 1. The Hall–Kier alpha value is -3.94. The molecule has 0 radical (unpaired) electrons. The first kappa shape index (κ1) is 24.2. The molecule has 35 heavy (non-hydrogen) atoms. The fourth-order valence-electron chi connectivity index (χ4n) is 3.34. The SMILES string of the molecule is O=C(O)c1ccc(CN2C(=O)S/C(=C\c3ccc(/C=C/C(=O)c4cccc(Cl)c4)cc3)C2=O)cc1. The number of carbonyl (C=O) groups is 4. The maximum Gasteiger partial charge on any atom is 0.335 e. The van der Waals surface area contributed by atoms with Gasteiger partial charge in [0.05, 0.1) is 17.0 Å². The maximum atomic E-state index is 12.8. The Balaban J connectivity index is 1.42. The van der Waals surface area contributed by atoms with Crippen molar-refractivity contribution in [2.24, 2.45) is 0 Å². The molecule has 1 aliphatic rings. The van der Waals surface area contributed by atoms with E-state index in [2.05, 4.69) is 0 Å². The molecule has 8 heteroatoms. The number of carbonyl (C=O) groups excluding carboxylic acids is 3. The van der Waals surface area contributed by atoms with Gasteiger partial charge in [0.2, 0.25) is 0 Å². The number of benzene rings is 3. The number of amides is 2. The van der Waals surface area contributed by atoms with Crippen molar-refractivity contribution in [3.63, 3.8) is 0 Å². The van der Waals surface area contributed by atoms with E-state index in [0.717, 1.165) is 27.8 Å². The van der Waals surface area contributed by atoms with Crippen molar-refractivity contribution in [3.8, 4) is 0 Å². The fourth-order valence-corrected chi connectivity index (χ4v) is 4.36. The summed E-state index contributed by atoms with van der Waals surface area (Å²) < 4.78 is 0. The summed E-state index contributed by atoms with van der Waals surface area (Å²) in [6, 6.07) is 20.0. The average Bonchev–Trinajstić information content (AvgIpc) is 3.11. The smallest absolute Gasteiger partial charge is 0.335 e. The standard InChI is InChI=1S/C27H18ClNO5S/c28-22-3-1-2-21(15-22)23(30)13-10-17-4-6-18(7-5-17)14-24-25(31)29(27(34)35-24)16-19-8-11-20(12-9-19)26(32)33/h1-15H,16H2,(H,32,33)/b13-10+,24-14-. The molecule has 174 valence electrons. The molecule has 6 nitrogen and oxygen atoms in total. The predicted octanol–water partition coefficient (Wildman–Crippen LogP) is 6.17. The Labute approximate surface area is 210 Å². The minimum Gasteiger partial charge on any atom is -0.478 e. The fraction of sp³-hybridized carbons (Fsp3) is 0.0370. The van der Waals surface area contributed by atoms with Gasteiger partial charge in [0, 0.05) is 10.6 Å². The molecular formula is C27H18ClNO5S. The minimum atomic E-state index is -1.04. The number of ketones is 1. The number of hydrogen-bond acceptors (Lipinski definition) is 5. The monoisotopic (exact) mass is 503 g/mol. The summed E-state index contributed by atoms with van der Waals surface area (Å²) in [6.07, 6.45) is 4.80. The number of allylic oxidation sites excluding steroid dienone is 1. The van der Waals surface area contributed by atoms with Gasteiger partial charge in [-0.2, -0.15) is 0 Å². The largest absolute Gasteiger partial charge is 0.478 e. The van der Waals surface area contributed by atoms with Crippen molar-refractivity contribution < 1.29 is 24.3 Å². The molecule has 0 spiro atoms. The van der Waals surface area contributed by atoms with Crippen molar-refractivity contribution in [1.29, 1.82) is 0 Å². The molecule has 1 heterocycles. The van der Waals surface area contributed by atoms with E-state index in [1.807, 2.05) is 12.1 Å². The molecule has 0 unspecified atom stereocenters. The lowest BCUT2D eigenvalue weighted by molar-refractivity contribution is -0.123. The highest BCUT2D eigenvalue weighted by atomic mass is 35.5. The number of carboxylic acid groups (broad SMARTS) is 1. The first-order valence-electron chi connectivity index (χ1n) is 10.5. The van der Waals surface area contributed by atoms with Gasteiger partial charge in [-0.15, -0.1) is 0 Å². The van der Waals surface area contributed by atoms with Gasteiger partial charge in [0.15, 0.2) is 5.78 Å². The zero-order valence-corrected chi connectivity index (χ0v) is 19.8. The highest BCUT2D eigenvalue weighted by Crippen LogP contribution is 2.33. The maximum absolute atomic E-state index is 12.8. The number of imide groups is 1. The van der Waals surface area contributed by atoms with Crippen LogP contribution >= 0.6 is 23.4 Å². The minimum absolute atomic E-state index is 0.0618. The van der Waals surface area contributed by atoms with Crippen LogP contribution in [0.1, 0.15) is 37.4 Å². The zero-order valence-electron chi connectivity index (χ0n) is 18.2. The average molecular weight is 504 g/mol. The van der Waals surface area contributed by atoms with Crippen molar-refractivity contribution in [2.45, 2.75) is 6.54 Å². The molecule has 1 fully saturated rings. The van der Waals surface area contributed by atoms with Crippen LogP contribution < -0.4 is 0 Å². The van der Waals surface area contributed by atoms with Gasteiger partial charge >= 0.3 is 5.97 Å². The molecule has 1 N–H and O–H groups in total. The molecule has 0 atom stereocenters. The lowest BCUT2D eigenvalue weighted by Gasteiger charge is -2.12. The van der Waals surface area contributed by atoms with E-state index < -0.39 is 11.9 Å². The van der Waals surface area contributed by atoms with Crippen LogP contribution in [0.25, 0.3) is 12.2 Å². The molecule has 1 aliphatic heterocycles. The lowest BCUT2D eigenvalue weighted by atomic mass is 10.1. The van der Waals surface area contributed by atoms with E-state index in [-0.39, 0.29) is 23.1 Å². The summed E-state index contributed by atoms with van der Waals surface area (Å²) >= 11 is 6.78. The zero-order chi connectivity index (χ0) is 24.9. The van der Waals surface area contributed by atoms with Gasteiger partial charge in [-0.3, -0.25) is 19.3 Å². The second-order valence-corrected chi connectivity index (χ2v) is 9.07. The Bertz CT molecular complexity index is 1380. The summed E-state index contributed by atoms with van der Waals surface area (Å²) in [5.74, 6) is -1.61. The lowest BCUT2D eigenvalue weighted by Crippen LogP contribution is -2.27. The number of halogens is 1. The third kappa shape index (κ3) is 5.95. The van der Waals surface area contributed by atoms with Crippen LogP contribution in [-0.4, -0.2) is 32.9 Å². The van der Waals surface area contributed by atoms with Crippen molar-refractivity contribution in [3.05, 3.63) is 117 Å². The molecule has 0 aliphatic carbocycles. The van der Waals surface area contributed by atoms with Crippen LogP contribution in [0.2, 0.25) is 5.02 Å². The van der Waals surface area contributed by atoms with Gasteiger partial charge < -0.3 is 5.11 Å². The number of aromatic carboxylic acids is 1. The van der Waals surface area contributed by atoms with E-state index in [4.69, 9.17) is 16.7 Å². The van der Waals surface area contributed by atoms with Gasteiger partial charge in [0.25, 0.3) is 11.1 Å². The summed E-state index contributed by atoms with van der Waals surface area (Å²) in [5, 5.41) is 9.10. The number of rotatable bonds is 7. The summed E-state index contributed by atoms with van der Waals surface area (Å²) in [6.45, 7) is 0.0618. The number of nitrogens with zero attached hydrogens (tertiary/aromatic N) is 1. The van der Waals surface area contributed by atoms with Gasteiger partial charge in [-0.1, -0.05) is 66.2 Å². The van der Waals surface area contributed by atoms with Crippen molar-refractivity contribution in [1.82, 2.24) is 4.90 Å². The highest BCUT2D eigenvalue weighted by molar-refractivity contribution is 8.18. The van der Waals surface area contributed by atoms with Crippen LogP contribution in [-0.2, 0) is 11.3 Å². The van der Waals surface area contributed by atoms with Crippen LogP contribution in [0.4, 0.5) is 4.79 Å². The molecular weight excluding hydrogens is 486 g/mol. The molecule has 1 saturated heterocycles. The summed E-state index contributed by atoms with van der Waals surface area (Å²) in [7, 11) is 0. The van der Waals surface area contributed by atoms with E-state index in [0.29, 0.717) is 21.1 Å². The molecule has 4 rings (SSSR count). The van der Waals surface area contributed by atoms with Crippen LogP contribution in [0.15, 0.2) is 83.8 Å². The van der Waals surface area contributed by atoms with E-state index in [9.17, 15) is 19.2 Å². The predicted molar refractivity (Wildman–Crippen MR) is 136 cm³/mol. The van der Waals surface area contributed by atoms with E-state index in [1.54, 1.807) is 60.7 Å². The molecule has 2 amide bonds. The second kappa shape index (κ2) is 10.5. The first-order valence-corrected chi connectivity index (χ1v) is 11.7. The van der Waals surface area contributed by atoms with Gasteiger partial charge in [-0.05, 0) is 64.9 Å². The summed E-state index contributed by atoms with van der Waals surface area (Å²) in [5.41, 5.74) is 2.82. The molecule has 3 aromatic carbocycles. The highest BCUT2D eigenvalue weighted by Gasteiger charge is 2.34. The Morgan fingerprint density at radius 3 is 2.26 bits per heavy atom. The molecule has 0 bridgehead atoms. The topological polar surface area (TPSA) is 91.8 Å². The van der Waals surface area contributed by atoms with Crippen LogP contribution in [0.3, 0.4) is 0 Å². The number of hydrogen-bond donors (Lipinski definition) is 1. The van der Waals surface area contributed by atoms with Gasteiger partial charge in [0.1, 0.15) is 0 Å². The Morgan fingerprint density at radius 1 is 0.914 bits per heavy atom. The van der Waals surface area contributed by atoms with E-state index >= 15 is 0 Å². The van der Waals surface area contributed by atoms with Crippen LogP contribution in [0.5, 0.6) is 0 Å². The first-order chi connectivity index (χ1) is 16.8.